The van der Waals surface area contributed by atoms with Gasteiger partial charge in [0.1, 0.15) is 5.82 Å². The maximum Gasteiger partial charge on any atom is 0.123 e. The molecule has 0 radical (unpaired) electrons. The van der Waals surface area contributed by atoms with E-state index in [9.17, 15) is 0 Å². The molecular weight excluding hydrogens is 332 g/mol. The zero-order chi connectivity index (χ0) is 18.6. The third kappa shape index (κ3) is 4.22. The Balaban J connectivity index is 1.25. The molecule has 0 amide bonds. The molecule has 4 heteroatoms. The quantitative estimate of drug-likeness (QED) is 0.647. The molecule has 3 heterocycles. The van der Waals surface area contributed by atoms with Gasteiger partial charge in [0.05, 0.1) is 17.6 Å². The van der Waals surface area contributed by atoms with Crippen LogP contribution in [0.15, 0.2) is 42.6 Å². The van der Waals surface area contributed by atoms with Crippen LogP contribution in [-0.4, -0.2) is 32.5 Å². The Labute approximate surface area is 162 Å². The zero-order valence-electron chi connectivity index (χ0n) is 16.6. The third-order valence-corrected chi connectivity index (χ3v) is 6.13. The van der Waals surface area contributed by atoms with E-state index in [4.69, 9.17) is 4.98 Å². The second-order valence-electron chi connectivity index (χ2n) is 7.94. The van der Waals surface area contributed by atoms with Gasteiger partial charge in [-0.15, -0.1) is 0 Å². The number of piperidine rings is 1. The standard InChI is InChI=1S/C23H30N4/c1-18-20(9-6-14-24-18)8-5-7-19-12-15-27(16-13-19)17-23-25-21-10-3-4-11-22(21)26(23)2/h3-4,6,9-11,14,19H,5,7-8,12-13,15-17H2,1-2H3. The minimum absolute atomic E-state index is 0.874. The van der Waals surface area contributed by atoms with Crippen molar-refractivity contribution < 1.29 is 0 Å². The van der Waals surface area contributed by atoms with Gasteiger partial charge in [0, 0.05) is 18.9 Å². The molecule has 0 saturated carbocycles. The number of aromatic nitrogens is 3. The minimum atomic E-state index is 0.874. The fourth-order valence-corrected chi connectivity index (χ4v) is 4.33. The lowest BCUT2D eigenvalue weighted by Crippen LogP contribution is -2.34. The summed E-state index contributed by atoms with van der Waals surface area (Å²) < 4.78 is 2.25. The van der Waals surface area contributed by atoms with Crippen LogP contribution in [0, 0.1) is 12.8 Å². The first-order chi connectivity index (χ1) is 13.2. The monoisotopic (exact) mass is 362 g/mol. The summed E-state index contributed by atoms with van der Waals surface area (Å²) in [4.78, 5) is 11.8. The number of fused-ring (bicyclic) bond motifs is 1. The number of imidazole rings is 1. The Bertz CT molecular complexity index is 890. The van der Waals surface area contributed by atoms with Crippen molar-refractivity contribution in [3.05, 3.63) is 59.7 Å². The summed E-state index contributed by atoms with van der Waals surface area (Å²) in [5.74, 6) is 2.06. The topological polar surface area (TPSA) is 34.0 Å². The van der Waals surface area contributed by atoms with Crippen molar-refractivity contribution >= 4 is 11.0 Å². The van der Waals surface area contributed by atoms with E-state index >= 15 is 0 Å². The van der Waals surface area contributed by atoms with Crippen molar-refractivity contribution in [2.75, 3.05) is 13.1 Å². The summed E-state index contributed by atoms with van der Waals surface area (Å²) >= 11 is 0. The van der Waals surface area contributed by atoms with Crippen molar-refractivity contribution in [3.63, 3.8) is 0 Å². The normalized spacial score (nSPS) is 16.2. The van der Waals surface area contributed by atoms with Crippen molar-refractivity contribution in [2.45, 2.75) is 45.6 Å². The summed E-state index contributed by atoms with van der Waals surface area (Å²) in [7, 11) is 2.14. The highest BCUT2D eigenvalue weighted by molar-refractivity contribution is 5.75. The van der Waals surface area contributed by atoms with Crippen LogP contribution in [0.25, 0.3) is 11.0 Å². The van der Waals surface area contributed by atoms with E-state index in [1.807, 2.05) is 6.20 Å². The molecule has 1 saturated heterocycles. The molecule has 142 valence electrons. The molecule has 4 rings (SSSR count). The highest BCUT2D eigenvalue weighted by atomic mass is 15.2. The Kier molecular flexibility index (Phi) is 5.53. The van der Waals surface area contributed by atoms with Crippen LogP contribution in [0.4, 0.5) is 0 Å². The van der Waals surface area contributed by atoms with Crippen LogP contribution in [-0.2, 0) is 20.0 Å². The van der Waals surface area contributed by atoms with Gasteiger partial charge in [-0.2, -0.15) is 0 Å². The number of para-hydroxylation sites is 2. The molecule has 1 aliphatic heterocycles. The largest absolute Gasteiger partial charge is 0.330 e. The number of nitrogens with zero attached hydrogens (tertiary/aromatic N) is 4. The number of aryl methyl sites for hydroxylation is 3. The van der Waals surface area contributed by atoms with Crippen LogP contribution in [0.5, 0.6) is 0 Å². The second kappa shape index (κ2) is 8.22. The summed E-state index contributed by atoms with van der Waals surface area (Å²) in [6.07, 6.45) is 8.31. The predicted molar refractivity (Wildman–Crippen MR) is 111 cm³/mol. The van der Waals surface area contributed by atoms with Gasteiger partial charge >= 0.3 is 0 Å². The molecule has 0 spiro atoms. The van der Waals surface area contributed by atoms with E-state index in [1.165, 1.54) is 67.8 Å². The fourth-order valence-electron chi connectivity index (χ4n) is 4.33. The van der Waals surface area contributed by atoms with Crippen LogP contribution >= 0.6 is 0 Å². The van der Waals surface area contributed by atoms with Crippen molar-refractivity contribution in [3.8, 4) is 0 Å². The number of benzene rings is 1. The lowest BCUT2D eigenvalue weighted by atomic mass is 9.90. The van der Waals surface area contributed by atoms with Gasteiger partial charge < -0.3 is 4.57 Å². The molecular formula is C23H30N4. The van der Waals surface area contributed by atoms with Gasteiger partial charge in [0.25, 0.3) is 0 Å². The van der Waals surface area contributed by atoms with E-state index in [1.54, 1.807) is 0 Å². The van der Waals surface area contributed by atoms with Crippen LogP contribution in [0.2, 0.25) is 0 Å². The molecule has 0 aliphatic carbocycles. The molecule has 0 unspecified atom stereocenters. The van der Waals surface area contributed by atoms with Gasteiger partial charge in [-0.05, 0) is 75.4 Å². The molecule has 2 aromatic heterocycles. The Morgan fingerprint density at radius 1 is 1.07 bits per heavy atom. The van der Waals surface area contributed by atoms with Gasteiger partial charge in [0.2, 0.25) is 0 Å². The van der Waals surface area contributed by atoms with E-state index in [0.717, 1.165) is 18.0 Å². The van der Waals surface area contributed by atoms with Gasteiger partial charge in [-0.3, -0.25) is 9.88 Å². The number of pyridine rings is 1. The molecule has 0 N–H and O–H groups in total. The van der Waals surface area contributed by atoms with E-state index in [-0.39, 0.29) is 0 Å². The fraction of sp³-hybridized carbons (Fsp3) is 0.478. The van der Waals surface area contributed by atoms with Gasteiger partial charge in [-0.25, -0.2) is 4.98 Å². The number of likely N-dealkylation sites (tertiary alicyclic amines) is 1. The smallest absolute Gasteiger partial charge is 0.123 e. The van der Waals surface area contributed by atoms with Crippen molar-refractivity contribution in [2.24, 2.45) is 13.0 Å². The summed E-state index contributed by atoms with van der Waals surface area (Å²) in [5.41, 5.74) is 4.94. The summed E-state index contributed by atoms with van der Waals surface area (Å²) in [6, 6.07) is 12.7. The lowest BCUT2D eigenvalue weighted by molar-refractivity contribution is 0.166. The lowest BCUT2D eigenvalue weighted by Gasteiger charge is -2.31. The Morgan fingerprint density at radius 3 is 2.67 bits per heavy atom. The Hall–Kier alpha value is -2.20. The number of hydrogen-bond donors (Lipinski definition) is 0. The van der Waals surface area contributed by atoms with Crippen molar-refractivity contribution in [1.82, 2.24) is 19.4 Å². The minimum Gasteiger partial charge on any atom is -0.330 e. The average Bonchev–Trinajstić information content (AvgIpc) is 3.01. The predicted octanol–water partition coefficient (Wildman–Crippen LogP) is 4.51. The first-order valence-electron chi connectivity index (χ1n) is 10.2. The SMILES string of the molecule is Cc1ncccc1CCCC1CCN(Cc2nc3ccccc3n2C)CC1. The highest BCUT2D eigenvalue weighted by Crippen LogP contribution is 2.25. The van der Waals surface area contributed by atoms with E-state index < -0.39 is 0 Å². The van der Waals surface area contributed by atoms with Crippen LogP contribution < -0.4 is 0 Å². The molecule has 3 aromatic rings. The molecule has 0 atom stereocenters. The molecule has 1 aromatic carbocycles. The van der Waals surface area contributed by atoms with Crippen LogP contribution in [0.1, 0.15) is 42.8 Å². The number of rotatable bonds is 6. The maximum atomic E-state index is 4.83. The van der Waals surface area contributed by atoms with Crippen LogP contribution in [0.3, 0.4) is 0 Å². The third-order valence-electron chi connectivity index (χ3n) is 6.13. The molecule has 4 nitrogen and oxygen atoms in total. The Morgan fingerprint density at radius 2 is 1.89 bits per heavy atom. The highest BCUT2D eigenvalue weighted by Gasteiger charge is 2.20. The van der Waals surface area contributed by atoms with E-state index in [0.29, 0.717) is 0 Å². The van der Waals surface area contributed by atoms with Gasteiger partial charge in [-0.1, -0.05) is 24.6 Å². The molecule has 1 aliphatic rings. The summed E-state index contributed by atoms with van der Waals surface area (Å²) in [6.45, 7) is 5.47. The number of hydrogen-bond acceptors (Lipinski definition) is 3. The first kappa shape index (κ1) is 18.2. The van der Waals surface area contributed by atoms with Crippen molar-refractivity contribution in [1.29, 1.82) is 0 Å². The average molecular weight is 363 g/mol. The molecule has 0 bridgehead atoms. The van der Waals surface area contributed by atoms with Gasteiger partial charge in [0.15, 0.2) is 0 Å². The first-order valence-corrected chi connectivity index (χ1v) is 10.2. The molecule has 27 heavy (non-hydrogen) atoms. The van der Waals surface area contributed by atoms with E-state index in [2.05, 4.69) is 64.8 Å². The zero-order valence-corrected chi connectivity index (χ0v) is 16.6. The molecule has 1 fully saturated rings. The second-order valence-corrected chi connectivity index (χ2v) is 7.94. The maximum absolute atomic E-state index is 4.83. The summed E-state index contributed by atoms with van der Waals surface area (Å²) in [5, 5.41) is 0.